The number of sulfonamides is 1. The van der Waals surface area contributed by atoms with E-state index in [9.17, 15) is 18.0 Å². The molecule has 0 spiro atoms. The summed E-state index contributed by atoms with van der Waals surface area (Å²) < 4.78 is 26.8. The van der Waals surface area contributed by atoms with Crippen molar-refractivity contribution in [2.75, 3.05) is 26.2 Å². The molecule has 2 saturated heterocycles. The second kappa shape index (κ2) is 7.11. The monoisotopic (exact) mass is 405 g/mol. The van der Waals surface area contributed by atoms with Gasteiger partial charge in [-0.05, 0) is 24.6 Å². The van der Waals surface area contributed by atoms with Crippen LogP contribution in [0.1, 0.15) is 12.8 Å². The molecule has 2 heterocycles. The molecule has 0 bridgehead atoms. The fraction of sp³-hybridized carbons (Fsp3) is 0.467. The van der Waals surface area contributed by atoms with Crippen molar-refractivity contribution in [3.63, 3.8) is 0 Å². The summed E-state index contributed by atoms with van der Waals surface area (Å²) in [5.41, 5.74) is 0. The third-order valence-electron chi connectivity index (χ3n) is 4.35. The number of carbonyl (C=O) groups is 2. The van der Waals surface area contributed by atoms with Crippen LogP contribution in [-0.4, -0.2) is 61.7 Å². The molecular weight excluding hydrogens is 389 g/mol. The predicted octanol–water partition coefficient (Wildman–Crippen LogP) is 1.10. The summed E-state index contributed by atoms with van der Waals surface area (Å²) in [5, 5.41) is 3.03. The largest absolute Gasteiger partial charge is 0.344 e. The molecule has 7 nitrogen and oxygen atoms in total. The van der Waals surface area contributed by atoms with E-state index in [2.05, 4.69) is 5.32 Å². The highest BCUT2D eigenvalue weighted by molar-refractivity contribution is 7.89. The summed E-state index contributed by atoms with van der Waals surface area (Å²) in [6.07, 6.45) is 0.826. The number of hydrogen-bond donors (Lipinski definition) is 1. The third kappa shape index (κ3) is 3.76. The number of nitrogens with one attached hydrogen (secondary N) is 1. The van der Waals surface area contributed by atoms with Gasteiger partial charge in [0.25, 0.3) is 0 Å². The van der Waals surface area contributed by atoms with Crippen LogP contribution in [0.15, 0.2) is 23.1 Å². The Balaban J connectivity index is 1.68. The van der Waals surface area contributed by atoms with Crippen molar-refractivity contribution in [1.29, 1.82) is 0 Å². The number of piperazine rings is 1. The predicted molar refractivity (Wildman–Crippen MR) is 93.0 cm³/mol. The molecule has 2 amide bonds. The lowest BCUT2D eigenvalue weighted by molar-refractivity contribution is -0.135. The molecule has 136 valence electrons. The van der Waals surface area contributed by atoms with Crippen molar-refractivity contribution in [1.82, 2.24) is 14.5 Å². The Bertz CT molecular complexity index is 807. The Labute approximate surface area is 155 Å². The lowest BCUT2D eigenvalue weighted by atomic mass is 10.2. The highest BCUT2D eigenvalue weighted by Crippen LogP contribution is 2.28. The lowest BCUT2D eigenvalue weighted by Crippen LogP contribution is -2.54. The number of benzene rings is 1. The van der Waals surface area contributed by atoms with Crippen molar-refractivity contribution in [2.45, 2.75) is 23.8 Å². The van der Waals surface area contributed by atoms with Crippen molar-refractivity contribution in [2.24, 2.45) is 0 Å². The van der Waals surface area contributed by atoms with Gasteiger partial charge in [-0.2, -0.15) is 4.31 Å². The van der Waals surface area contributed by atoms with Crippen LogP contribution in [0.2, 0.25) is 10.0 Å². The average Bonchev–Trinajstić information content (AvgIpc) is 3.03. The summed E-state index contributed by atoms with van der Waals surface area (Å²) in [4.78, 5) is 25.2. The van der Waals surface area contributed by atoms with Gasteiger partial charge in [-0.15, -0.1) is 0 Å². The maximum absolute atomic E-state index is 12.8. The summed E-state index contributed by atoms with van der Waals surface area (Å²) >= 11 is 11.9. The van der Waals surface area contributed by atoms with E-state index in [-0.39, 0.29) is 52.9 Å². The summed E-state index contributed by atoms with van der Waals surface area (Å²) in [6, 6.07) is 3.79. The molecule has 1 aromatic rings. The van der Waals surface area contributed by atoms with E-state index in [4.69, 9.17) is 23.2 Å². The van der Waals surface area contributed by atoms with Crippen LogP contribution in [0.4, 0.5) is 0 Å². The van der Waals surface area contributed by atoms with Crippen LogP contribution in [0.5, 0.6) is 0 Å². The molecule has 2 aliphatic rings. The molecule has 0 aromatic heterocycles. The van der Waals surface area contributed by atoms with Crippen LogP contribution >= 0.6 is 23.2 Å². The quantitative estimate of drug-likeness (QED) is 0.815. The average molecular weight is 406 g/mol. The molecular formula is C15H17Cl2N3O4S. The van der Waals surface area contributed by atoms with E-state index in [1.807, 2.05) is 0 Å². The van der Waals surface area contributed by atoms with Gasteiger partial charge in [0.1, 0.15) is 10.9 Å². The fourth-order valence-electron chi connectivity index (χ4n) is 2.98. The van der Waals surface area contributed by atoms with Crippen LogP contribution in [0, 0.1) is 0 Å². The van der Waals surface area contributed by atoms with Crippen LogP contribution in [-0.2, 0) is 19.6 Å². The number of hydrogen-bond acceptors (Lipinski definition) is 4. The van der Waals surface area contributed by atoms with Crippen LogP contribution in [0.25, 0.3) is 0 Å². The molecule has 2 aliphatic heterocycles. The summed E-state index contributed by atoms with van der Waals surface area (Å²) in [6.45, 7) is 0.862. The summed E-state index contributed by atoms with van der Waals surface area (Å²) in [7, 11) is -3.78. The van der Waals surface area contributed by atoms with E-state index in [0.717, 1.165) is 0 Å². The van der Waals surface area contributed by atoms with Crippen molar-refractivity contribution in [3.05, 3.63) is 28.2 Å². The first kappa shape index (κ1) is 18.4. The van der Waals surface area contributed by atoms with Gasteiger partial charge in [0.05, 0.1) is 5.02 Å². The summed E-state index contributed by atoms with van der Waals surface area (Å²) in [5.74, 6) is -0.293. The minimum absolute atomic E-state index is 0.0375. The van der Waals surface area contributed by atoms with E-state index < -0.39 is 16.1 Å². The van der Waals surface area contributed by atoms with Gasteiger partial charge in [0.15, 0.2) is 0 Å². The first-order chi connectivity index (χ1) is 11.8. The molecule has 2 fully saturated rings. The second-order valence-corrected chi connectivity index (χ2v) is 8.71. The minimum atomic E-state index is -3.78. The topological polar surface area (TPSA) is 86.8 Å². The van der Waals surface area contributed by atoms with Gasteiger partial charge in [0.2, 0.25) is 21.8 Å². The molecule has 0 saturated carbocycles. The standard InChI is InChI=1S/C15H17Cl2N3O4S/c16-10-1-2-11(17)13(9-10)25(23,24)20-7-5-19(6-8-20)15(22)12-3-4-14(21)18-12/h1-2,9,12H,3-8H2,(H,18,21)/t12-/m0/s1. The van der Waals surface area contributed by atoms with Gasteiger partial charge in [-0.25, -0.2) is 8.42 Å². The second-order valence-electron chi connectivity index (χ2n) is 5.96. The molecule has 10 heteroatoms. The van der Waals surface area contributed by atoms with Crippen LogP contribution in [0.3, 0.4) is 0 Å². The van der Waals surface area contributed by atoms with E-state index in [0.29, 0.717) is 12.8 Å². The van der Waals surface area contributed by atoms with Gasteiger partial charge < -0.3 is 10.2 Å². The van der Waals surface area contributed by atoms with Gasteiger partial charge in [-0.1, -0.05) is 23.2 Å². The maximum atomic E-state index is 12.8. The zero-order valence-corrected chi connectivity index (χ0v) is 15.6. The molecule has 0 aliphatic carbocycles. The number of rotatable bonds is 3. The number of nitrogens with zero attached hydrogens (tertiary/aromatic N) is 2. The molecule has 3 rings (SSSR count). The zero-order chi connectivity index (χ0) is 18.2. The first-order valence-corrected chi connectivity index (χ1v) is 10.0. The minimum Gasteiger partial charge on any atom is -0.344 e. The van der Waals surface area contributed by atoms with E-state index in [1.165, 1.54) is 22.5 Å². The Kier molecular flexibility index (Phi) is 5.24. The number of carbonyl (C=O) groups excluding carboxylic acids is 2. The van der Waals surface area contributed by atoms with Gasteiger partial charge >= 0.3 is 0 Å². The highest BCUT2D eigenvalue weighted by atomic mass is 35.5. The SMILES string of the molecule is O=C1CC[C@@H](C(=O)N2CCN(S(=O)(=O)c3cc(Cl)ccc3Cl)CC2)N1. The highest BCUT2D eigenvalue weighted by Gasteiger charge is 2.35. The third-order valence-corrected chi connectivity index (χ3v) is 6.97. The Morgan fingerprint density at radius 3 is 2.44 bits per heavy atom. The molecule has 1 atom stereocenters. The normalized spacial score (nSPS) is 22.1. The lowest BCUT2D eigenvalue weighted by Gasteiger charge is -2.35. The fourth-order valence-corrected chi connectivity index (χ4v) is 5.14. The van der Waals surface area contributed by atoms with Crippen molar-refractivity contribution < 1.29 is 18.0 Å². The van der Waals surface area contributed by atoms with Crippen LogP contribution < -0.4 is 5.32 Å². The van der Waals surface area contributed by atoms with Crippen molar-refractivity contribution in [3.8, 4) is 0 Å². The Morgan fingerprint density at radius 2 is 1.84 bits per heavy atom. The van der Waals surface area contributed by atoms with Gasteiger partial charge in [0, 0.05) is 37.6 Å². The molecule has 0 unspecified atom stereocenters. The van der Waals surface area contributed by atoms with E-state index >= 15 is 0 Å². The van der Waals surface area contributed by atoms with E-state index in [1.54, 1.807) is 4.90 Å². The molecule has 0 radical (unpaired) electrons. The molecule has 25 heavy (non-hydrogen) atoms. The Hall–Kier alpha value is -1.35. The number of amides is 2. The first-order valence-electron chi connectivity index (χ1n) is 7.82. The maximum Gasteiger partial charge on any atom is 0.245 e. The Morgan fingerprint density at radius 1 is 1.16 bits per heavy atom. The van der Waals surface area contributed by atoms with Gasteiger partial charge in [-0.3, -0.25) is 9.59 Å². The number of halogens is 2. The van der Waals surface area contributed by atoms with Crippen molar-refractivity contribution >= 4 is 45.0 Å². The molecule has 1 N–H and O–H groups in total. The molecule has 1 aromatic carbocycles. The zero-order valence-electron chi connectivity index (χ0n) is 13.2. The smallest absolute Gasteiger partial charge is 0.245 e.